The van der Waals surface area contributed by atoms with Gasteiger partial charge in [-0.15, -0.1) is 0 Å². The standard InChI is InChI=1S/C23H18BrIN4O5S2/c1-12(13-4-2-5-14(24)10-13)20(23(31)32)26-22(30)16-9-8-15(25)11-18(16)29-36(33,34)19-7-3-6-17-21(19)28-35-27-17/h2-12,20,29H,1H3,(H,26,30)(H,31,32). The maximum absolute atomic E-state index is 13.2. The van der Waals surface area contributed by atoms with E-state index in [-0.39, 0.29) is 21.7 Å². The number of amides is 1. The van der Waals surface area contributed by atoms with Crippen LogP contribution in [0.15, 0.2) is 70.0 Å². The Morgan fingerprint density at radius 1 is 1.08 bits per heavy atom. The average molecular weight is 701 g/mol. The summed E-state index contributed by atoms with van der Waals surface area (Å²) in [4.78, 5) is 25.2. The molecule has 186 valence electrons. The number of sulfonamides is 1. The molecule has 2 atom stereocenters. The van der Waals surface area contributed by atoms with Crippen LogP contribution in [0.5, 0.6) is 0 Å². The third kappa shape index (κ3) is 5.68. The zero-order chi connectivity index (χ0) is 26.0. The first-order valence-electron chi connectivity index (χ1n) is 10.4. The quantitative estimate of drug-likeness (QED) is 0.224. The van der Waals surface area contributed by atoms with Gasteiger partial charge >= 0.3 is 5.97 Å². The van der Waals surface area contributed by atoms with E-state index in [0.29, 0.717) is 14.7 Å². The van der Waals surface area contributed by atoms with Gasteiger partial charge in [0.15, 0.2) is 0 Å². The number of fused-ring (bicyclic) bond motifs is 1. The lowest BCUT2D eigenvalue weighted by Gasteiger charge is -2.23. The molecule has 2 unspecified atom stereocenters. The summed E-state index contributed by atoms with van der Waals surface area (Å²) in [6.07, 6.45) is 0. The number of aromatic nitrogens is 2. The number of halogens is 2. The summed E-state index contributed by atoms with van der Waals surface area (Å²) >= 11 is 6.26. The van der Waals surface area contributed by atoms with E-state index in [4.69, 9.17) is 0 Å². The lowest BCUT2D eigenvalue weighted by molar-refractivity contribution is -0.139. The Balaban J connectivity index is 1.66. The summed E-state index contributed by atoms with van der Waals surface area (Å²) in [5.41, 5.74) is 1.37. The number of hydrogen-bond acceptors (Lipinski definition) is 7. The minimum atomic E-state index is -4.14. The van der Waals surface area contributed by atoms with Crippen LogP contribution in [0.2, 0.25) is 0 Å². The first kappa shape index (κ1) is 26.4. The minimum absolute atomic E-state index is 0.0128. The third-order valence-corrected chi connectivity index (χ3v) is 8.54. The lowest BCUT2D eigenvalue weighted by atomic mass is 9.93. The monoisotopic (exact) mass is 700 g/mol. The van der Waals surface area contributed by atoms with Gasteiger partial charge in [0.05, 0.1) is 23.0 Å². The van der Waals surface area contributed by atoms with Crippen LogP contribution in [-0.2, 0) is 14.8 Å². The molecule has 0 fully saturated rings. The van der Waals surface area contributed by atoms with Gasteiger partial charge in [-0.05, 0) is 70.6 Å². The first-order valence-corrected chi connectivity index (χ1v) is 14.5. The van der Waals surface area contributed by atoms with Crippen LogP contribution < -0.4 is 10.0 Å². The van der Waals surface area contributed by atoms with E-state index in [2.05, 4.69) is 34.7 Å². The summed E-state index contributed by atoms with van der Waals surface area (Å²) in [6, 6.07) is 15.1. The van der Waals surface area contributed by atoms with Crippen molar-refractivity contribution in [1.29, 1.82) is 0 Å². The molecule has 1 heterocycles. The van der Waals surface area contributed by atoms with Crippen molar-refractivity contribution in [1.82, 2.24) is 14.1 Å². The number of anilines is 1. The number of carbonyl (C=O) groups is 2. The minimum Gasteiger partial charge on any atom is -0.480 e. The molecule has 9 nitrogen and oxygen atoms in total. The van der Waals surface area contributed by atoms with Crippen molar-refractivity contribution in [3.63, 3.8) is 0 Å². The van der Waals surface area contributed by atoms with Gasteiger partial charge < -0.3 is 10.4 Å². The highest BCUT2D eigenvalue weighted by molar-refractivity contribution is 14.1. The van der Waals surface area contributed by atoms with Crippen LogP contribution in [0, 0.1) is 3.57 Å². The van der Waals surface area contributed by atoms with Crippen LogP contribution in [0.4, 0.5) is 5.69 Å². The fourth-order valence-corrected chi connectivity index (χ4v) is 6.35. The van der Waals surface area contributed by atoms with E-state index >= 15 is 0 Å². The van der Waals surface area contributed by atoms with Crippen molar-refractivity contribution in [2.24, 2.45) is 0 Å². The topological polar surface area (TPSA) is 138 Å². The molecule has 0 saturated heterocycles. The van der Waals surface area contributed by atoms with Gasteiger partial charge in [0.1, 0.15) is 22.0 Å². The highest BCUT2D eigenvalue weighted by atomic mass is 127. The van der Waals surface area contributed by atoms with E-state index in [1.807, 2.05) is 28.7 Å². The van der Waals surface area contributed by atoms with Gasteiger partial charge in [-0.25, -0.2) is 13.2 Å². The zero-order valence-electron chi connectivity index (χ0n) is 18.5. The van der Waals surface area contributed by atoms with Crippen molar-refractivity contribution in [2.45, 2.75) is 23.8 Å². The summed E-state index contributed by atoms with van der Waals surface area (Å²) in [6.45, 7) is 1.70. The molecule has 0 aliphatic carbocycles. The molecule has 1 amide bonds. The van der Waals surface area contributed by atoms with Crippen molar-refractivity contribution in [3.05, 3.63) is 79.8 Å². The second-order valence-electron chi connectivity index (χ2n) is 7.82. The van der Waals surface area contributed by atoms with Crippen LogP contribution >= 0.6 is 50.2 Å². The van der Waals surface area contributed by atoms with E-state index in [9.17, 15) is 23.1 Å². The number of benzene rings is 3. The van der Waals surface area contributed by atoms with Gasteiger partial charge in [0.2, 0.25) is 0 Å². The highest BCUT2D eigenvalue weighted by Gasteiger charge is 2.30. The summed E-state index contributed by atoms with van der Waals surface area (Å²) in [5.74, 6) is -2.51. The fourth-order valence-electron chi connectivity index (χ4n) is 3.60. The largest absolute Gasteiger partial charge is 0.480 e. The smallest absolute Gasteiger partial charge is 0.326 e. The number of carboxylic acid groups (broad SMARTS) is 1. The first-order chi connectivity index (χ1) is 17.1. The Kier molecular flexibility index (Phi) is 7.92. The van der Waals surface area contributed by atoms with E-state index < -0.39 is 33.9 Å². The molecule has 3 N–H and O–H groups in total. The Morgan fingerprint density at radius 3 is 2.56 bits per heavy atom. The van der Waals surface area contributed by atoms with Crippen molar-refractivity contribution in [3.8, 4) is 0 Å². The highest BCUT2D eigenvalue weighted by Crippen LogP contribution is 2.28. The molecule has 0 spiro atoms. The van der Waals surface area contributed by atoms with Gasteiger partial charge in [-0.2, -0.15) is 8.75 Å². The Labute approximate surface area is 233 Å². The summed E-state index contributed by atoms with van der Waals surface area (Å²) < 4.78 is 38.6. The SMILES string of the molecule is CC(c1cccc(Br)c1)C(NC(=O)c1ccc(I)cc1NS(=O)(=O)c1cccc2nsnc12)C(=O)O. The van der Waals surface area contributed by atoms with Crippen molar-refractivity contribution >= 4 is 88.9 Å². The normalized spacial score (nSPS) is 13.2. The molecular formula is C23H18BrIN4O5S2. The van der Waals surface area contributed by atoms with Crippen LogP contribution in [0.25, 0.3) is 11.0 Å². The molecule has 4 aromatic rings. The van der Waals surface area contributed by atoms with E-state index in [0.717, 1.165) is 16.2 Å². The van der Waals surface area contributed by atoms with Gasteiger partial charge in [0.25, 0.3) is 15.9 Å². The number of hydrogen-bond donors (Lipinski definition) is 3. The molecule has 0 saturated carbocycles. The van der Waals surface area contributed by atoms with Crippen molar-refractivity contribution < 1.29 is 23.1 Å². The molecule has 3 aromatic carbocycles. The zero-order valence-corrected chi connectivity index (χ0v) is 23.9. The molecule has 0 bridgehead atoms. The molecule has 36 heavy (non-hydrogen) atoms. The third-order valence-electron chi connectivity index (χ3n) is 5.44. The summed E-state index contributed by atoms with van der Waals surface area (Å²) in [5, 5.41) is 12.4. The van der Waals surface area contributed by atoms with Crippen LogP contribution in [-0.4, -0.2) is 40.2 Å². The predicted octanol–water partition coefficient (Wildman–Crippen LogP) is 4.85. The number of rotatable bonds is 8. The second-order valence-corrected chi connectivity index (χ2v) is 12.2. The maximum atomic E-state index is 13.2. The number of nitrogens with one attached hydrogen (secondary N) is 2. The predicted molar refractivity (Wildman–Crippen MR) is 149 cm³/mol. The van der Waals surface area contributed by atoms with Crippen LogP contribution in [0.1, 0.15) is 28.8 Å². The molecule has 13 heteroatoms. The second kappa shape index (κ2) is 10.8. The van der Waals surface area contributed by atoms with Gasteiger partial charge in [-0.1, -0.05) is 41.1 Å². The molecular weight excluding hydrogens is 683 g/mol. The average Bonchev–Trinajstić information content (AvgIpc) is 3.30. The molecule has 0 aliphatic heterocycles. The van der Waals surface area contributed by atoms with E-state index in [1.165, 1.54) is 18.2 Å². The number of carboxylic acids is 1. The lowest BCUT2D eigenvalue weighted by Crippen LogP contribution is -2.44. The maximum Gasteiger partial charge on any atom is 0.326 e. The molecule has 4 rings (SSSR count). The molecule has 1 aromatic heterocycles. The number of aliphatic carboxylic acids is 1. The summed E-state index contributed by atoms with van der Waals surface area (Å²) in [7, 11) is -4.14. The van der Waals surface area contributed by atoms with Crippen LogP contribution in [0.3, 0.4) is 0 Å². The Hall–Kier alpha value is -2.62. The van der Waals surface area contributed by atoms with E-state index in [1.54, 1.807) is 43.3 Å². The Bertz CT molecular complexity index is 1580. The van der Waals surface area contributed by atoms with Gasteiger partial charge in [0, 0.05) is 14.0 Å². The Morgan fingerprint density at radius 2 is 1.83 bits per heavy atom. The molecule has 0 radical (unpaired) electrons. The fraction of sp³-hybridized carbons (Fsp3) is 0.130. The number of carbonyl (C=O) groups excluding carboxylic acids is 1. The van der Waals surface area contributed by atoms with Gasteiger partial charge in [-0.3, -0.25) is 9.52 Å². The molecule has 0 aliphatic rings. The number of nitrogens with zero attached hydrogens (tertiary/aromatic N) is 2. The van der Waals surface area contributed by atoms with Crippen molar-refractivity contribution in [2.75, 3.05) is 4.72 Å².